The molecule has 132 valence electrons. The van der Waals surface area contributed by atoms with E-state index in [-0.39, 0.29) is 5.41 Å². The van der Waals surface area contributed by atoms with Crippen LogP contribution in [0, 0.1) is 0 Å². The van der Waals surface area contributed by atoms with Crippen LogP contribution >= 0.6 is 0 Å². The van der Waals surface area contributed by atoms with Crippen LogP contribution in [-0.4, -0.2) is 0 Å². The summed E-state index contributed by atoms with van der Waals surface area (Å²) in [5, 5.41) is 0. The molecular formula is C25H27O+. The minimum absolute atomic E-state index is 0.180. The number of rotatable bonds is 2. The third kappa shape index (κ3) is 3.31. The van der Waals surface area contributed by atoms with E-state index < -0.39 is 0 Å². The van der Waals surface area contributed by atoms with Gasteiger partial charge in [0.1, 0.15) is 0 Å². The summed E-state index contributed by atoms with van der Waals surface area (Å²) in [6.07, 6.45) is 4.63. The lowest BCUT2D eigenvalue weighted by molar-refractivity contribution is 0.466. The highest BCUT2D eigenvalue weighted by molar-refractivity contribution is 5.73. The summed E-state index contributed by atoms with van der Waals surface area (Å²) < 4.78 is 6.33. The van der Waals surface area contributed by atoms with Gasteiger partial charge in [-0.3, -0.25) is 0 Å². The van der Waals surface area contributed by atoms with Gasteiger partial charge >= 0.3 is 11.5 Å². The van der Waals surface area contributed by atoms with Crippen molar-refractivity contribution in [1.29, 1.82) is 0 Å². The fraction of sp³-hybridized carbons (Fsp3) is 0.320. The lowest BCUT2D eigenvalue weighted by atomic mass is 9.85. The highest BCUT2D eigenvalue weighted by atomic mass is 16.3. The Morgan fingerprint density at radius 2 is 1.46 bits per heavy atom. The standard InChI is InChI=1S/C25H27O/c1-25(2,3)20-15-13-18(14-16-20)22-17-24(19-9-5-4-6-10-19)26-23-12-8-7-11-21(22)23/h4-6,9-10,13-17H,7-8,11-12H2,1-3H3/q+1. The van der Waals surface area contributed by atoms with Gasteiger partial charge in [-0.05, 0) is 47.9 Å². The molecule has 3 aromatic rings. The van der Waals surface area contributed by atoms with Gasteiger partial charge in [0.25, 0.3) is 0 Å². The van der Waals surface area contributed by atoms with Crippen molar-refractivity contribution in [2.45, 2.75) is 51.9 Å². The van der Waals surface area contributed by atoms with Crippen LogP contribution in [0.5, 0.6) is 0 Å². The van der Waals surface area contributed by atoms with Gasteiger partial charge in [-0.1, -0.05) is 63.2 Å². The fourth-order valence-electron chi connectivity index (χ4n) is 3.81. The van der Waals surface area contributed by atoms with Crippen LogP contribution in [0.25, 0.3) is 22.5 Å². The van der Waals surface area contributed by atoms with E-state index in [1.165, 1.54) is 40.9 Å². The second-order valence-electron chi connectivity index (χ2n) is 8.33. The lowest BCUT2D eigenvalue weighted by Crippen LogP contribution is -2.10. The molecule has 0 radical (unpaired) electrons. The van der Waals surface area contributed by atoms with E-state index in [0.717, 1.165) is 24.2 Å². The molecule has 1 heteroatoms. The Labute approximate surface area is 156 Å². The van der Waals surface area contributed by atoms with Crippen LogP contribution in [-0.2, 0) is 18.3 Å². The first-order valence-corrected chi connectivity index (χ1v) is 9.67. The minimum Gasteiger partial charge on any atom is -0.212 e. The Hall–Kier alpha value is -2.41. The maximum atomic E-state index is 6.33. The largest absolute Gasteiger partial charge is 0.360 e. The minimum atomic E-state index is 0.180. The van der Waals surface area contributed by atoms with E-state index in [9.17, 15) is 0 Å². The van der Waals surface area contributed by atoms with Gasteiger partial charge < -0.3 is 0 Å². The maximum absolute atomic E-state index is 6.33. The normalized spacial score (nSPS) is 14.1. The third-order valence-electron chi connectivity index (χ3n) is 5.37. The van der Waals surface area contributed by atoms with Crippen LogP contribution in [0.4, 0.5) is 0 Å². The molecule has 0 fully saturated rings. The fourth-order valence-corrected chi connectivity index (χ4v) is 3.81. The van der Waals surface area contributed by atoms with Gasteiger partial charge in [0.05, 0.1) is 23.6 Å². The van der Waals surface area contributed by atoms with Crippen molar-refractivity contribution in [3.05, 3.63) is 77.6 Å². The molecular weight excluding hydrogens is 316 g/mol. The first-order chi connectivity index (χ1) is 12.5. The quantitative estimate of drug-likeness (QED) is 0.453. The van der Waals surface area contributed by atoms with Gasteiger partial charge in [0.2, 0.25) is 0 Å². The zero-order valence-electron chi connectivity index (χ0n) is 16.0. The topological polar surface area (TPSA) is 11.3 Å². The molecule has 0 N–H and O–H groups in total. The predicted octanol–water partition coefficient (Wildman–Crippen LogP) is 7.07. The number of hydrogen-bond donors (Lipinski definition) is 0. The summed E-state index contributed by atoms with van der Waals surface area (Å²) in [5.74, 6) is 2.15. The Morgan fingerprint density at radius 3 is 2.15 bits per heavy atom. The monoisotopic (exact) mass is 343 g/mol. The molecule has 1 nitrogen and oxygen atoms in total. The van der Waals surface area contributed by atoms with Crippen molar-refractivity contribution < 1.29 is 4.42 Å². The molecule has 0 atom stereocenters. The average molecular weight is 343 g/mol. The van der Waals surface area contributed by atoms with Crippen LogP contribution in [0.3, 0.4) is 0 Å². The molecule has 1 aromatic heterocycles. The maximum Gasteiger partial charge on any atom is 0.360 e. The van der Waals surface area contributed by atoms with E-state index in [2.05, 4.69) is 75.4 Å². The van der Waals surface area contributed by atoms with Gasteiger partial charge in [-0.15, -0.1) is 0 Å². The second-order valence-corrected chi connectivity index (χ2v) is 8.33. The molecule has 1 heterocycles. The number of fused-ring (bicyclic) bond motifs is 1. The third-order valence-corrected chi connectivity index (χ3v) is 5.37. The summed E-state index contributed by atoms with van der Waals surface area (Å²) in [4.78, 5) is 0. The first-order valence-electron chi connectivity index (χ1n) is 9.67. The summed E-state index contributed by atoms with van der Waals surface area (Å²) in [7, 11) is 0. The van der Waals surface area contributed by atoms with E-state index in [1.807, 2.05) is 6.07 Å². The summed E-state index contributed by atoms with van der Waals surface area (Å²) >= 11 is 0. The molecule has 0 bridgehead atoms. The van der Waals surface area contributed by atoms with Crippen LogP contribution in [0.15, 0.2) is 65.1 Å². The van der Waals surface area contributed by atoms with E-state index >= 15 is 0 Å². The highest BCUT2D eigenvalue weighted by Crippen LogP contribution is 2.37. The molecule has 26 heavy (non-hydrogen) atoms. The summed E-state index contributed by atoms with van der Waals surface area (Å²) in [6.45, 7) is 6.79. The van der Waals surface area contributed by atoms with Crippen molar-refractivity contribution >= 4 is 0 Å². The Balaban J connectivity index is 1.84. The van der Waals surface area contributed by atoms with Crippen molar-refractivity contribution in [1.82, 2.24) is 0 Å². The highest BCUT2D eigenvalue weighted by Gasteiger charge is 2.28. The molecule has 1 aliphatic carbocycles. The zero-order chi connectivity index (χ0) is 18.1. The molecule has 1 aliphatic rings. The van der Waals surface area contributed by atoms with Gasteiger partial charge in [0.15, 0.2) is 0 Å². The molecule has 0 unspecified atom stereocenters. The Kier molecular flexibility index (Phi) is 4.40. The number of benzene rings is 2. The van der Waals surface area contributed by atoms with Crippen LogP contribution in [0.2, 0.25) is 0 Å². The second kappa shape index (κ2) is 6.72. The molecule has 4 rings (SSSR count). The summed E-state index contributed by atoms with van der Waals surface area (Å²) in [5.41, 5.74) is 6.74. The van der Waals surface area contributed by atoms with Gasteiger partial charge in [-0.25, -0.2) is 4.42 Å². The number of hydrogen-bond acceptors (Lipinski definition) is 0. The average Bonchev–Trinajstić information content (AvgIpc) is 2.67. The van der Waals surface area contributed by atoms with E-state index in [4.69, 9.17) is 4.42 Å². The van der Waals surface area contributed by atoms with Crippen molar-refractivity contribution in [2.24, 2.45) is 0 Å². The van der Waals surface area contributed by atoms with E-state index in [1.54, 1.807) is 0 Å². The molecule has 0 aliphatic heterocycles. The summed E-state index contributed by atoms with van der Waals surface area (Å²) in [6, 6.07) is 21.8. The SMILES string of the molecule is CC(C)(C)c1ccc(-c2cc(-c3ccccc3)[o+]c3c2CCCC3)cc1. The molecule has 0 spiro atoms. The molecule has 0 amide bonds. The van der Waals surface area contributed by atoms with Crippen molar-refractivity contribution in [3.63, 3.8) is 0 Å². The number of aryl methyl sites for hydroxylation is 1. The Morgan fingerprint density at radius 1 is 0.769 bits per heavy atom. The van der Waals surface area contributed by atoms with Crippen LogP contribution in [0.1, 0.15) is 50.5 Å². The molecule has 0 saturated carbocycles. The van der Waals surface area contributed by atoms with Crippen molar-refractivity contribution in [2.75, 3.05) is 0 Å². The predicted molar refractivity (Wildman–Crippen MR) is 109 cm³/mol. The molecule has 0 saturated heterocycles. The zero-order valence-corrected chi connectivity index (χ0v) is 16.0. The smallest absolute Gasteiger partial charge is 0.212 e. The Bertz CT molecular complexity index is 899. The van der Waals surface area contributed by atoms with Crippen molar-refractivity contribution in [3.8, 4) is 22.5 Å². The lowest BCUT2D eigenvalue weighted by Gasteiger charge is -2.19. The van der Waals surface area contributed by atoms with Crippen LogP contribution < -0.4 is 0 Å². The van der Waals surface area contributed by atoms with Gasteiger partial charge in [-0.2, -0.15) is 0 Å². The molecule has 2 aromatic carbocycles. The first kappa shape index (κ1) is 17.0. The van der Waals surface area contributed by atoms with E-state index in [0.29, 0.717) is 0 Å². The van der Waals surface area contributed by atoms with Gasteiger partial charge in [0, 0.05) is 5.56 Å².